The van der Waals surface area contributed by atoms with E-state index in [9.17, 15) is 10.1 Å². The topological polar surface area (TPSA) is 91.1 Å². The number of hydrogen-bond donors (Lipinski definition) is 1. The summed E-state index contributed by atoms with van der Waals surface area (Å²) in [6.07, 6.45) is 4.18. The van der Waals surface area contributed by atoms with Crippen LogP contribution in [-0.4, -0.2) is 33.9 Å². The van der Waals surface area contributed by atoms with Crippen LogP contribution in [0, 0.1) is 11.3 Å². The molecule has 6 rings (SSSR count). The highest BCUT2D eigenvalue weighted by molar-refractivity contribution is 5.99. The first-order valence-electron chi connectivity index (χ1n) is 14.2. The fraction of sp³-hybridized carbons (Fsp3) is 0.200. The van der Waals surface area contributed by atoms with Gasteiger partial charge in [0, 0.05) is 30.5 Å². The number of carbonyl (C=O) groups is 1. The van der Waals surface area contributed by atoms with Crippen LogP contribution in [0.1, 0.15) is 51.5 Å². The second-order valence-corrected chi connectivity index (χ2v) is 10.5. The van der Waals surface area contributed by atoms with E-state index in [1.165, 1.54) is 6.33 Å². The third kappa shape index (κ3) is 6.08. The minimum absolute atomic E-state index is 0.0464. The number of nitriles is 1. The zero-order valence-electron chi connectivity index (χ0n) is 23.2. The minimum atomic E-state index is -0.178. The summed E-state index contributed by atoms with van der Waals surface area (Å²) in [5.74, 6) is 1.46. The average molecular weight is 554 g/mol. The molecule has 1 saturated heterocycles. The van der Waals surface area contributed by atoms with Gasteiger partial charge in [0.1, 0.15) is 24.5 Å². The van der Waals surface area contributed by atoms with Crippen molar-refractivity contribution in [3.05, 3.63) is 131 Å². The molecule has 7 nitrogen and oxygen atoms in total. The van der Waals surface area contributed by atoms with Crippen LogP contribution in [0.2, 0.25) is 0 Å². The number of likely N-dealkylation sites (tertiary alicyclic amines) is 1. The van der Waals surface area contributed by atoms with E-state index < -0.39 is 0 Å². The van der Waals surface area contributed by atoms with Gasteiger partial charge in [0.25, 0.3) is 5.91 Å². The van der Waals surface area contributed by atoms with Crippen molar-refractivity contribution in [2.75, 3.05) is 18.4 Å². The Morgan fingerprint density at radius 1 is 0.929 bits per heavy atom. The molecule has 5 aromatic rings. The predicted octanol–water partition coefficient (Wildman–Crippen LogP) is 6.71. The van der Waals surface area contributed by atoms with E-state index in [1.807, 2.05) is 83.8 Å². The predicted molar refractivity (Wildman–Crippen MR) is 163 cm³/mol. The van der Waals surface area contributed by atoms with Crippen molar-refractivity contribution in [2.24, 2.45) is 0 Å². The monoisotopic (exact) mass is 553 g/mol. The largest absolute Gasteiger partial charge is 0.489 e. The lowest BCUT2D eigenvalue weighted by atomic mass is 9.96. The molecule has 7 heteroatoms. The average Bonchev–Trinajstić information content (AvgIpc) is 3.59. The van der Waals surface area contributed by atoms with Gasteiger partial charge >= 0.3 is 0 Å². The molecule has 0 saturated carbocycles. The summed E-state index contributed by atoms with van der Waals surface area (Å²) in [6, 6.07) is 33.5. The van der Waals surface area contributed by atoms with Gasteiger partial charge in [0.2, 0.25) is 0 Å². The van der Waals surface area contributed by atoms with Crippen molar-refractivity contribution in [2.45, 2.75) is 31.9 Å². The van der Waals surface area contributed by atoms with Crippen LogP contribution >= 0.6 is 0 Å². The van der Waals surface area contributed by atoms with Crippen LogP contribution in [0.3, 0.4) is 0 Å². The lowest BCUT2D eigenvalue weighted by molar-refractivity contribution is 0.0793. The maximum Gasteiger partial charge on any atom is 0.253 e. The summed E-state index contributed by atoms with van der Waals surface area (Å²) in [4.78, 5) is 24.0. The zero-order valence-corrected chi connectivity index (χ0v) is 23.2. The third-order valence-electron chi connectivity index (χ3n) is 7.64. The zero-order chi connectivity index (χ0) is 28.7. The van der Waals surface area contributed by atoms with Gasteiger partial charge in [0.05, 0.1) is 23.2 Å². The van der Waals surface area contributed by atoms with Gasteiger partial charge in [-0.25, -0.2) is 9.97 Å². The normalized spacial score (nSPS) is 13.5. The standard InChI is InChI=1S/C35H31N5O2/c36-22-26-13-16-33(42-23-25-9-3-1-4-10-25)29(19-26)21-31(27-11-5-2-6-12-27)39-34-30-15-14-28(20-32(30)37-24-38-34)35(41)40-17-7-8-18-40/h1-6,9-16,19-20,24,31H,7-8,17-18,21,23H2,(H,37,38,39). The number of carbonyl (C=O) groups excluding carboxylic acids is 1. The van der Waals surface area contributed by atoms with Crippen molar-refractivity contribution in [3.8, 4) is 11.8 Å². The lowest BCUT2D eigenvalue weighted by Crippen LogP contribution is -2.27. The van der Waals surface area contributed by atoms with Gasteiger partial charge in [-0.15, -0.1) is 0 Å². The van der Waals surface area contributed by atoms with Crippen LogP contribution in [0.5, 0.6) is 5.75 Å². The molecule has 1 N–H and O–H groups in total. The maximum absolute atomic E-state index is 13.0. The molecular weight excluding hydrogens is 522 g/mol. The molecule has 2 heterocycles. The molecule has 1 fully saturated rings. The minimum Gasteiger partial charge on any atom is -0.489 e. The summed E-state index contributed by atoms with van der Waals surface area (Å²) in [5.41, 5.74) is 4.99. The Labute approximate surface area is 245 Å². The van der Waals surface area contributed by atoms with Crippen molar-refractivity contribution in [3.63, 3.8) is 0 Å². The summed E-state index contributed by atoms with van der Waals surface area (Å²) in [5, 5.41) is 14.1. The number of anilines is 1. The first-order valence-corrected chi connectivity index (χ1v) is 14.2. The first-order chi connectivity index (χ1) is 20.7. The number of benzene rings is 4. The fourth-order valence-electron chi connectivity index (χ4n) is 5.42. The number of hydrogen-bond acceptors (Lipinski definition) is 6. The van der Waals surface area contributed by atoms with Gasteiger partial charge in [0.15, 0.2) is 0 Å². The Morgan fingerprint density at radius 3 is 2.45 bits per heavy atom. The van der Waals surface area contributed by atoms with Gasteiger partial charge in [-0.1, -0.05) is 60.7 Å². The van der Waals surface area contributed by atoms with E-state index in [0.29, 0.717) is 35.5 Å². The Balaban J connectivity index is 1.31. The second kappa shape index (κ2) is 12.5. The van der Waals surface area contributed by atoms with Crippen LogP contribution in [0.4, 0.5) is 5.82 Å². The van der Waals surface area contributed by atoms with Crippen molar-refractivity contribution < 1.29 is 9.53 Å². The summed E-state index contributed by atoms with van der Waals surface area (Å²) in [6.45, 7) is 2.03. The molecule has 4 aromatic carbocycles. The van der Waals surface area contributed by atoms with Gasteiger partial charge in [-0.2, -0.15) is 5.26 Å². The quantitative estimate of drug-likeness (QED) is 0.218. The lowest BCUT2D eigenvalue weighted by Gasteiger charge is -2.22. The van der Waals surface area contributed by atoms with Crippen LogP contribution in [0.25, 0.3) is 10.9 Å². The second-order valence-electron chi connectivity index (χ2n) is 10.5. The van der Waals surface area contributed by atoms with Crippen LogP contribution in [-0.2, 0) is 13.0 Å². The van der Waals surface area contributed by atoms with E-state index in [4.69, 9.17) is 4.74 Å². The molecule has 1 aliphatic heterocycles. The van der Waals surface area contributed by atoms with Crippen LogP contribution < -0.4 is 10.1 Å². The van der Waals surface area contributed by atoms with E-state index in [2.05, 4.69) is 33.5 Å². The Kier molecular flexibility index (Phi) is 8.05. The Hall–Kier alpha value is -5.22. The summed E-state index contributed by atoms with van der Waals surface area (Å²) < 4.78 is 6.26. The number of rotatable bonds is 9. The van der Waals surface area contributed by atoms with Gasteiger partial charge in [-0.05, 0) is 65.9 Å². The van der Waals surface area contributed by atoms with Gasteiger partial charge < -0.3 is 15.0 Å². The number of ether oxygens (including phenoxy) is 1. The number of amides is 1. The van der Waals surface area contributed by atoms with Crippen molar-refractivity contribution >= 4 is 22.6 Å². The molecule has 1 aliphatic rings. The highest BCUT2D eigenvalue weighted by Gasteiger charge is 2.21. The molecule has 1 amide bonds. The first kappa shape index (κ1) is 27.0. The molecule has 0 aliphatic carbocycles. The fourth-order valence-corrected chi connectivity index (χ4v) is 5.42. The molecule has 0 radical (unpaired) electrons. The molecule has 0 spiro atoms. The third-order valence-corrected chi connectivity index (χ3v) is 7.64. The molecule has 1 atom stereocenters. The summed E-state index contributed by atoms with van der Waals surface area (Å²) >= 11 is 0. The summed E-state index contributed by atoms with van der Waals surface area (Å²) in [7, 11) is 0. The maximum atomic E-state index is 13.0. The van der Waals surface area contributed by atoms with Crippen molar-refractivity contribution in [1.82, 2.24) is 14.9 Å². The van der Waals surface area contributed by atoms with Crippen LogP contribution in [0.15, 0.2) is 103 Å². The number of nitrogens with one attached hydrogen (secondary N) is 1. The smallest absolute Gasteiger partial charge is 0.253 e. The number of fused-ring (bicyclic) bond motifs is 1. The van der Waals surface area contributed by atoms with E-state index >= 15 is 0 Å². The van der Waals surface area contributed by atoms with Crippen molar-refractivity contribution in [1.29, 1.82) is 5.26 Å². The number of nitrogens with zero attached hydrogens (tertiary/aromatic N) is 4. The van der Waals surface area contributed by atoms with E-state index in [1.54, 1.807) is 6.07 Å². The molecule has 42 heavy (non-hydrogen) atoms. The highest BCUT2D eigenvalue weighted by Crippen LogP contribution is 2.31. The van der Waals surface area contributed by atoms with E-state index in [0.717, 1.165) is 53.8 Å². The Bertz CT molecular complexity index is 1730. The molecular formula is C35H31N5O2. The van der Waals surface area contributed by atoms with Gasteiger partial charge in [-0.3, -0.25) is 4.79 Å². The molecule has 208 valence electrons. The molecule has 0 bridgehead atoms. The molecule has 1 unspecified atom stereocenters. The highest BCUT2D eigenvalue weighted by atomic mass is 16.5. The Morgan fingerprint density at radius 2 is 1.69 bits per heavy atom. The SMILES string of the molecule is N#Cc1ccc(OCc2ccccc2)c(CC(Nc2ncnc3cc(C(=O)N4CCCC4)ccc23)c2ccccc2)c1. The molecule has 1 aromatic heterocycles. The number of aromatic nitrogens is 2. The van der Waals surface area contributed by atoms with E-state index in [-0.39, 0.29) is 11.9 Å².